The lowest BCUT2D eigenvalue weighted by Crippen LogP contribution is -2.40. The van der Waals surface area contributed by atoms with Crippen LogP contribution in [-0.4, -0.2) is 36.8 Å². The summed E-state index contributed by atoms with van der Waals surface area (Å²) >= 11 is 0. The maximum Gasteiger partial charge on any atom is 0.332 e. The highest BCUT2D eigenvalue weighted by atomic mass is 16.2. The number of imidazole rings is 1. The fourth-order valence-electron chi connectivity index (χ4n) is 3.45. The number of hydrogen-bond donors (Lipinski definition) is 1. The third-order valence-corrected chi connectivity index (χ3v) is 4.88. The number of nitrogens with two attached hydrogens (primary N) is 1. The predicted molar refractivity (Wildman–Crippen MR) is 97.4 cm³/mol. The van der Waals surface area contributed by atoms with Crippen molar-refractivity contribution in [3.63, 3.8) is 0 Å². The summed E-state index contributed by atoms with van der Waals surface area (Å²) in [5.74, 6) is 6.98. The molecule has 3 rings (SSSR count). The summed E-state index contributed by atoms with van der Waals surface area (Å²) in [5, 5.41) is 1.80. The first-order valence-electron chi connectivity index (χ1n) is 8.60. The number of aryl methyl sites for hydroxylation is 1. The number of hydrogen-bond acceptors (Lipinski definition) is 5. The maximum atomic E-state index is 12.8. The Bertz CT molecular complexity index is 945. The highest BCUT2D eigenvalue weighted by Crippen LogP contribution is 2.27. The van der Waals surface area contributed by atoms with Crippen LogP contribution in [0.1, 0.15) is 38.4 Å². The van der Waals surface area contributed by atoms with E-state index in [-0.39, 0.29) is 17.2 Å². The molecule has 1 unspecified atom stereocenters. The van der Waals surface area contributed by atoms with E-state index in [4.69, 9.17) is 10.8 Å². The molecular weight excluding hydrogens is 320 g/mol. The molecule has 3 heterocycles. The molecule has 136 valence electrons. The van der Waals surface area contributed by atoms with E-state index in [1.165, 1.54) is 17.2 Å². The van der Waals surface area contributed by atoms with Gasteiger partial charge in [0.25, 0.3) is 5.56 Å². The third-order valence-electron chi connectivity index (χ3n) is 4.88. The SMILES string of the molecule is CC(C)=CCn1c(C2CCCN(N)C2)nc2c1c(=O)n(C)c(=O)n2C. The average Bonchev–Trinajstić information content (AvgIpc) is 2.96. The van der Waals surface area contributed by atoms with Gasteiger partial charge in [-0.25, -0.2) is 14.8 Å². The smallest absolute Gasteiger partial charge is 0.318 e. The molecule has 1 atom stereocenters. The number of hydrazine groups is 1. The van der Waals surface area contributed by atoms with Gasteiger partial charge in [-0.15, -0.1) is 0 Å². The van der Waals surface area contributed by atoms with Crippen molar-refractivity contribution in [1.82, 2.24) is 23.7 Å². The summed E-state index contributed by atoms with van der Waals surface area (Å²) in [4.78, 5) is 29.7. The van der Waals surface area contributed by atoms with Gasteiger partial charge in [0.05, 0.1) is 0 Å². The second-order valence-electron chi connectivity index (χ2n) is 7.07. The number of aromatic nitrogens is 4. The van der Waals surface area contributed by atoms with Crippen LogP contribution in [0.5, 0.6) is 0 Å². The molecule has 2 N–H and O–H groups in total. The zero-order chi connectivity index (χ0) is 18.3. The Balaban J connectivity index is 2.28. The molecule has 0 aliphatic carbocycles. The minimum Gasteiger partial charge on any atom is -0.318 e. The van der Waals surface area contributed by atoms with Crippen LogP contribution in [0.2, 0.25) is 0 Å². The molecule has 25 heavy (non-hydrogen) atoms. The van der Waals surface area contributed by atoms with E-state index in [1.807, 2.05) is 18.4 Å². The van der Waals surface area contributed by atoms with Gasteiger partial charge in [-0.3, -0.25) is 19.8 Å². The highest BCUT2D eigenvalue weighted by Gasteiger charge is 2.27. The Morgan fingerprint density at radius 3 is 2.64 bits per heavy atom. The fourth-order valence-corrected chi connectivity index (χ4v) is 3.45. The molecule has 0 amide bonds. The first kappa shape index (κ1) is 17.6. The van der Waals surface area contributed by atoms with E-state index in [9.17, 15) is 9.59 Å². The van der Waals surface area contributed by atoms with Crippen LogP contribution in [-0.2, 0) is 20.6 Å². The molecule has 1 fully saturated rings. The molecule has 0 aromatic carbocycles. The molecule has 8 heteroatoms. The standard InChI is InChI=1S/C17H26N6O2/c1-11(2)7-9-23-13-15(20(3)17(25)21(4)16(13)24)19-14(23)12-6-5-8-22(18)10-12/h7,12H,5-6,8-10,18H2,1-4H3. The highest BCUT2D eigenvalue weighted by molar-refractivity contribution is 5.71. The van der Waals surface area contributed by atoms with Crippen LogP contribution in [0, 0.1) is 0 Å². The molecule has 8 nitrogen and oxygen atoms in total. The Labute approximate surface area is 146 Å². The third kappa shape index (κ3) is 3.07. The van der Waals surface area contributed by atoms with Crippen LogP contribution in [0.3, 0.4) is 0 Å². The van der Waals surface area contributed by atoms with Gasteiger partial charge in [-0.1, -0.05) is 11.6 Å². The molecule has 0 radical (unpaired) electrons. The van der Waals surface area contributed by atoms with Gasteiger partial charge in [-0.05, 0) is 26.7 Å². The number of allylic oxidation sites excluding steroid dienone is 2. The van der Waals surface area contributed by atoms with Crippen molar-refractivity contribution in [3.8, 4) is 0 Å². The van der Waals surface area contributed by atoms with E-state index >= 15 is 0 Å². The topological polar surface area (TPSA) is 91.1 Å². The second kappa shape index (κ2) is 6.61. The Kier molecular flexibility index (Phi) is 4.66. The van der Waals surface area contributed by atoms with Gasteiger partial charge in [-0.2, -0.15) is 0 Å². The van der Waals surface area contributed by atoms with Crippen molar-refractivity contribution in [1.29, 1.82) is 0 Å². The average molecular weight is 346 g/mol. The molecule has 0 saturated carbocycles. The molecule has 1 aliphatic heterocycles. The van der Waals surface area contributed by atoms with Crippen LogP contribution in [0.25, 0.3) is 11.2 Å². The molecule has 2 aromatic heterocycles. The molecule has 2 aromatic rings. The maximum absolute atomic E-state index is 12.8. The van der Waals surface area contributed by atoms with Gasteiger partial charge >= 0.3 is 5.69 Å². The Morgan fingerprint density at radius 2 is 2.00 bits per heavy atom. The lowest BCUT2D eigenvalue weighted by Gasteiger charge is -2.29. The molecule has 0 bridgehead atoms. The number of rotatable bonds is 3. The Hall–Kier alpha value is -2.19. The largest absolute Gasteiger partial charge is 0.332 e. The summed E-state index contributed by atoms with van der Waals surface area (Å²) in [5.41, 5.74) is 1.42. The van der Waals surface area contributed by atoms with Crippen LogP contribution in [0.4, 0.5) is 0 Å². The monoisotopic (exact) mass is 346 g/mol. The lowest BCUT2D eigenvalue weighted by molar-refractivity contribution is 0.207. The van der Waals surface area contributed by atoms with Gasteiger partial charge in [0.15, 0.2) is 11.2 Å². The zero-order valence-corrected chi connectivity index (χ0v) is 15.3. The summed E-state index contributed by atoms with van der Waals surface area (Å²) in [6, 6.07) is 0. The number of nitrogens with zero attached hydrogens (tertiary/aromatic N) is 5. The minimum absolute atomic E-state index is 0.150. The van der Waals surface area contributed by atoms with E-state index in [0.29, 0.717) is 24.3 Å². The van der Waals surface area contributed by atoms with E-state index in [2.05, 4.69) is 6.08 Å². The van der Waals surface area contributed by atoms with Gasteiger partial charge in [0.2, 0.25) is 0 Å². The molecule has 1 saturated heterocycles. The Morgan fingerprint density at radius 1 is 1.28 bits per heavy atom. The van der Waals surface area contributed by atoms with Crippen LogP contribution in [0.15, 0.2) is 21.2 Å². The van der Waals surface area contributed by atoms with Crippen molar-refractivity contribution >= 4 is 11.2 Å². The van der Waals surface area contributed by atoms with E-state index in [1.54, 1.807) is 12.1 Å². The quantitative estimate of drug-likeness (QED) is 0.644. The van der Waals surface area contributed by atoms with Gasteiger partial charge in [0, 0.05) is 39.6 Å². The summed E-state index contributed by atoms with van der Waals surface area (Å²) in [6.07, 6.45) is 4.03. The van der Waals surface area contributed by atoms with Crippen molar-refractivity contribution in [2.75, 3.05) is 13.1 Å². The molecule has 1 aliphatic rings. The van der Waals surface area contributed by atoms with Crippen molar-refractivity contribution < 1.29 is 0 Å². The van der Waals surface area contributed by atoms with Crippen LogP contribution < -0.4 is 17.1 Å². The second-order valence-corrected chi connectivity index (χ2v) is 7.07. The molecular formula is C17H26N6O2. The number of piperidine rings is 1. The van der Waals surface area contributed by atoms with Crippen molar-refractivity contribution in [3.05, 3.63) is 38.3 Å². The van der Waals surface area contributed by atoms with E-state index < -0.39 is 0 Å². The number of fused-ring (bicyclic) bond motifs is 1. The fraction of sp³-hybridized carbons (Fsp3) is 0.588. The summed E-state index contributed by atoms with van der Waals surface area (Å²) in [7, 11) is 3.16. The van der Waals surface area contributed by atoms with Crippen molar-refractivity contribution in [2.45, 2.75) is 39.2 Å². The van der Waals surface area contributed by atoms with Gasteiger partial charge in [0.1, 0.15) is 5.82 Å². The van der Waals surface area contributed by atoms with Crippen LogP contribution >= 0.6 is 0 Å². The first-order valence-corrected chi connectivity index (χ1v) is 8.60. The summed E-state index contributed by atoms with van der Waals surface area (Å²) < 4.78 is 4.54. The molecule has 0 spiro atoms. The minimum atomic E-state index is -0.361. The zero-order valence-electron chi connectivity index (χ0n) is 15.3. The van der Waals surface area contributed by atoms with Gasteiger partial charge < -0.3 is 4.57 Å². The van der Waals surface area contributed by atoms with Crippen molar-refractivity contribution in [2.24, 2.45) is 19.9 Å². The normalized spacial score (nSPS) is 18.7. The van der Waals surface area contributed by atoms with E-state index in [0.717, 1.165) is 29.8 Å². The first-order chi connectivity index (χ1) is 11.8. The predicted octanol–water partition coefficient (Wildman–Crippen LogP) is 0.453. The summed E-state index contributed by atoms with van der Waals surface area (Å²) in [6.45, 7) is 6.17. The lowest BCUT2D eigenvalue weighted by atomic mass is 9.98.